The highest BCUT2D eigenvalue weighted by Gasteiger charge is 2.30. The SMILES string of the molecule is CC(Sc1nc(CC(=O)Nc2csnc2-c2cccc(C(F)(F)F)c2)cs1)C(N)=O. The van der Waals surface area contributed by atoms with E-state index >= 15 is 0 Å². The number of amides is 2. The summed E-state index contributed by atoms with van der Waals surface area (Å²) in [4.78, 5) is 27.8. The lowest BCUT2D eigenvalue weighted by Gasteiger charge is -2.09. The number of nitrogens with zero attached hydrogens (tertiary/aromatic N) is 2. The fourth-order valence-electron chi connectivity index (χ4n) is 2.37. The molecule has 0 spiro atoms. The van der Waals surface area contributed by atoms with E-state index in [1.54, 1.807) is 17.7 Å². The molecule has 6 nitrogen and oxygen atoms in total. The first-order valence-electron chi connectivity index (χ1n) is 8.45. The van der Waals surface area contributed by atoms with Crippen LogP contribution in [0.5, 0.6) is 0 Å². The van der Waals surface area contributed by atoms with Gasteiger partial charge in [-0.1, -0.05) is 23.9 Å². The van der Waals surface area contributed by atoms with Crippen LogP contribution in [0.25, 0.3) is 11.3 Å². The molecule has 1 unspecified atom stereocenters. The van der Waals surface area contributed by atoms with Crippen LogP contribution in [0.1, 0.15) is 18.2 Å². The van der Waals surface area contributed by atoms with E-state index in [0.29, 0.717) is 15.7 Å². The average molecular weight is 473 g/mol. The Labute approximate surface area is 181 Å². The Morgan fingerprint density at radius 2 is 2.07 bits per heavy atom. The van der Waals surface area contributed by atoms with Gasteiger partial charge in [-0.2, -0.15) is 17.5 Å². The number of nitrogens with two attached hydrogens (primary N) is 1. The zero-order chi connectivity index (χ0) is 21.9. The average Bonchev–Trinajstić information content (AvgIpc) is 3.30. The van der Waals surface area contributed by atoms with Crippen LogP contribution < -0.4 is 11.1 Å². The molecule has 2 heterocycles. The molecule has 1 aromatic carbocycles. The Morgan fingerprint density at radius 3 is 2.77 bits per heavy atom. The van der Waals surface area contributed by atoms with Gasteiger partial charge in [0.05, 0.1) is 28.6 Å². The van der Waals surface area contributed by atoms with E-state index in [4.69, 9.17) is 5.73 Å². The summed E-state index contributed by atoms with van der Waals surface area (Å²) >= 11 is 3.53. The van der Waals surface area contributed by atoms with Crippen molar-refractivity contribution in [3.8, 4) is 11.3 Å². The molecule has 3 aromatic rings. The number of carbonyl (C=O) groups excluding carboxylic acids is 2. The number of carbonyl (C=O) groups is 2. The maximum absolute atomic E-state index is 13.0. The monoisotopic (exact) mass is 472 g/mol. The smallest absolute Gasteiger partial charge is 0.369 e. The number of alkyl halides is 3. The first-order valence-corrected chi connectivity index (χ1v) is 11.1. The third-order valence-corrected chi connectivity index (χ3v) is 6.63. The molecule has 3 rings (SSSR count). The minimum absolute atomic E-state index is 0.0279. The predicted octanol–water partition coefficient (Wildman–Crippen LogP) is 4.43. The minimum atomic E-state index is -4.47. The molecule has 0 saturated carbocycles. The lowest BCUT2D eigenvalue weighted by atomic mass is 10.1. The number of aromatic nitrogens is 2. The molecule has 0 radical (unpaired) electrons. The number of hydrogen-bond donors (Lipinski definition) is 2. The highest BCUT2D eigenvalue weighted by molar-refractivity contribution is 8.02. The molecule has 0 bridgehead atoms. The molecule has 158 valence electrons. The Kier molecular flexibility index (Phi) is 6.78. The van der Waals surface area contributed by atoms with Crippen molar-refractivity contribution in [1.82, 2.24) is 9.36 Å². The first-order chi connectivity index (χ1) is 14.1. The highest BCUT2D eigenvalue weighted by Crippen LogP contribution is 2.34. The second kappa shape index (κ2) is 9.14. The zero-order valence-electron chi connectivity index (χ0n) is 15.4. The van der Waals surface area contributed by atoms with Crippen LogP contribution in [-0.4, -0.2) is 26.4 Å². The van der Waals surface area contributed by atoms with Gasteiger partial charge in [-0.15, -0.1) is 11.3 Å². The molecule has 2 amide bonds. The van der Waals surface area contributed by atoms with Gasteiger partial charge in [0.25, 0.3) is 0 Å². The highest BCUT2D eigenvalue weighted by atomic mass is 32.2. The van der Waals surface area contributed by atoms with Crippen LogP contribution in [0, 0.1) is 0 Å². The Bertz CT molecular complexity index is 1060. The first kappa shape index (κ1) is 22.2. The van der Waals surface area contributed by atoms with Crippen molar-refractivity contribution in [2.45, 2.75) is 29.1 Å². The van der Waals surface area contributed by atoms with Crippen LogP contribution in [0.3, 0.4) is 0 Å². The van der Waals surface area contributed by atoms with Crippen LogP contribution in [-0.2, 0) is 22.2 Å². The maximum Gasteiger partial charge on any atom is 0.416 e. The molecule has 12 heteroatoms. The van der Waals surface area contributed by atoms with Gasteiger partial charge in [-0.05, 0) is 30.6 Å². The summed E-state index contributed by atoms with van der Waals surface area (Å²) in [5, 5.41) is 5.50. The van der Waals surface area contributed by atoms with Crippen molar-refractivity contribution in [2.24, 2.45) is 5.73 Å². The summed E-state index contributed by atoms with van der Waals surface area (Å²) in [6.07, 6.45) is -4.50. The van der Waals surface area contributed by atoms with Crippen molar-refractivity contribution >= 4 is 52.1 Å². The van der Waals surface area contributed by atoms with Crippen molar-refractivity contribution in [2.75, 3.05) is 5.32 Å². The Balaban J connectivity index is 1.69. The zero-order valence-corrected chi connectivity index (χ0v) is 17.8. The van der Waals surface area contributed by atoms with Crippen LogP contribution in [0.4, 0.5) is 18.9 Å². The molecule has 0 fully saturated rings. The number of anilines is 1. The lowest BCUT2D eigenvalue weighted by molar-refractivity contribution is -0.137. The van der Waals surface area contributed by atoms with Crippen molar-refractivity contribution in [1.29, 1.82) is 0 Å². The molecule has 0 aliphatic heterocycles. The number of thiazole rings is 1. The molecule has 0 aliphatic carbocycles. The maximum atomic E-state index is 13.0. The van der Waals surface area contributed by atoms with Crippen molar-refractivity contribution in [3.63, 3.8) is 0 Å². The van der Waals surface area contributed by atoms with Crippen LogP contribution >= 0.6 is 34.6 Å². The van der Waals surface area contributed by atoms with E-state index in [9.17, 15) is 22.8 Å². The summed E-state index contributed by atoms with van der Waals surface area (Å²) in [7, 11) is 0. The lowest BCUT2D eigenvalue weighted by Crippen LogP contribution is -2.22. The predicted molar refractivity (Wildman–Crippen MR) is 112 cm³/mol. The van der Waals surface area contributed by atoms with E-state index in [1.807, 2.05) is 0 Å². The third kappa shape index (κ3) is 5.58. The molecule has 2 aromatic heterocycles. The molecule has 0 saturated heterocycles. The summed E-state index contributed by atoms with van der Waals surface area (Å²) < 4.78 is 43.6. The molecule has 30 heavy (non-hydrogen) atoms. The fourth-order valence-corrected chi connectivity index (χ4v) is 4.94. The van der Waals surface area contributed by atoms with Gasteiger partial charge in [-0.3, -0.25) is 9.59 Å². The van der Waals surface area contributed by atoms with Gasteiger partial charge < -0.3 is 11.1 Å². The number of thioether (sulfide) groups is 1. The summed E-state index contributed by atoms with van der Waals surface area (Å²) in [5.74, 6) is -0.838. The van der Waals surface area contributed by atoms with Gasteiger partial charge in [0, 0.05) is 16.3 Å². The largest absolute Gasteiger partial charge is 0.416 e. The fraction of sp³-hybridized carbons (Fsp3) is 0.222. The molecule has 3 N–H and O–H groups in total. The van der Waals surface area contributed by atoms with Gasteiger partial charge in [0.2, 0.25) is 11.8 Å². The summed E-state index contributed by atoms with van der Waals surface area (Å²) in [5.41, 5.74) is 5.81. The van der Waals surface area contributed by atoms with E-state index < -0.39 is 22.9 Å². The molecular formula is C18H15F3N4O2S3. The van der Waals surface area contributed by atoms with Crippen LogP contribution in [0.15, 0.2) is 39.4 Å². The topological polar surface area (TPSA) is 98.0 Å². The number of rotatable bonds is 7. The minimum Gasteiger partial charge on any atom is -0.369 e. The summed E-state index contributed by atoms with van der Waals surface area (Å²) in [6, 6.07) is 4.77. The number of halogens is 3. The number of primary amides is 1. The van der Waals surface area contributed by atoms with Crippen LogP contribution in [0.2, 0.25) is 0 Å². The molecule has 0 aliphatic rings. The summed E-state index contributed by atoms with van der Waals surface area (Å²) in [6.45, 7) is 1.67. The second-order valence-electron chi connectivity index (χ2n) is 6.15. The van der Waals surface area contributed by atoms with E-state index in [-0.39, 0.29) is 23.6 Å². The molecular weight excluding hydrogens is 457 g/mol. The Morgan fingerprint density at radius 1 is 1.30 bits per heavy atom. The number of hydrogen-bond acceptors (Lipinski definition) is 7. The van der Waals surface area contributed by atoms with Gasteiger partial charge in [-0.25, -0.2) is 4.98 Å². The number of nitrogens with one attached hydrogen (secondary N) is 1. The second-order valence-corrected chi connectivity index (χ2v) is 9.22. The van der Waals surface area contributed by atoms with Gasteiger partial charge >= 0.3 is 6.18 Å². The van der Waals surface area contributed by atoms with E-state index in [0.717, 1.165) is 23.7 Å². The number of benzene rings is 1. The van der Waals surface area contributed by atoms with E-state index in [2.05, 4.69) is 14.7 Å². The molecule has 1 atom stereocenters. The quantitative estimate of drug-likeness (QED) is 0.496. The third-order valence-electron chi connectivity index (χ3n) is 3.86. The standard InChI is InChI=1S/C18H15F3N4O2S3/c1-9(16(22)27)30-17-23-12(7-28-17)6-14(26)24-13-8-29-25-15(13)10-3-2-4-11(5-10)18(19,20)21/h2-5,7-9H,6H2,1H3,(H2,22,27)(H,24,26). The Hall–Kier alpha value is -2.44. The van der Waals surface area contributed by atoms with E-state index in [1.165, 1.54) is 35.2 Å². The van der Waals surface area contributed by atoms with Crippen molar-refractivity contribution < 1.29 is 22.8 Å². The van der Waals surface area contributed by atoms with Gasteiger partial charge in [0.1, 0.15) is 5.69 Å². The normalized spacial score (nSPS) is 12.5. The van der Waals surface area contributed by atoms with Crippen molar-refractivity contribution in [3.05, 3.63) is 46.3 Å². The van der Waals surface area contributed by atoms with Gasteiger partial charge in [0.15, 0.2) is 4.34 Å².